The first-order chi connectivity index (χ1) is 7.68. The Morgan fingerprint density at radius 3 is 2.62 bits per heavy atom. The minimum atomic E-state index is 0.00352. The number of carbonyl (C=O) groups is 1. The SMILES string of the molecule is CC1NCN(C(C)CN2CCCCC2)C1=O. The molecule has 4 heteroatoms. The van der Waals surface area contributed by atoms with Gasteiger partial charge < -0.3 is 9.80 Å². The van der Waals surface area contributed by atoms with Crippen molar-refractivity contribution in [3.63, 3.8) is 0 Å². The lowest BCUT2D eigenvalue weighted by atomic mass is 10.1. The van der Waals surface area contributed by atoms with E-state index in [9.17, 15) is 4.79 Å². The molecule has 0 radical (unpaired) electrons. The number of hydrogen-bond acceptors (Lipinski definition) is 3. The van der Waals surface area contributed by atoms with Crippen molar-refractivity contribution in [3.05, 3.63) is 0 Å². The average Bonchev–Trinajstić information content (AvgIpc) is 2.61. The fraction of sp³-hybridized carbons (Fsp3) is 0.917. The zero-order valence-corrected chi connectivity index (χ0v) is 10.4. The maximum absolute atomic E-state index is 11.8. The smallest absolute Gasteiger partial charge is 0.240 e. The third-order valence-electron chi connectivity index (χ3n) is 3.72. The van der Waals surface area contributed by atoms with Gasteiger partial charge in [-0.3, -0.25) is 10.1 Å². The van der Waals surface area contributed by atoms with E-state index in [1.807, 2.05) is 11.8 Å². The molecule has 2 aliphatic rings. The lowest BCUT2D eigenvalue weighted by Gasteiger charge is -2.32. The standard InChI is InChI=1S/C12H23N3O/c1-10(8-14-6-4-3-5-7-14)15-9-13-11(2)12(15)16/h10-11,13H,3-9H2,1-2H3. The number of nitrogens with one attached hydrogen (secondary N) is 1. The first-order valence-electron chi connectivity index (χ1n) is 6.44. The van der Waals surface area contributed by atoms with Gasteiger partial charge in [-0.2, -0.15) is 0 Å². The Morgan fingerprint density at radius 1 is 1.38 bits per heavy atom. The van der Waals surface area contributed by atoms with Gasteiger partial charge in [0, 0.05) is 12.6 Å². The molecule has 1 amide bonds. The summed E-state index contributed by atoms with van der Waals surface area (Å²) in [6.45, 7) is 8.25. The first-order valence-corrected chi connectivity index (χ1v) is 6.44. The molecule has 2 fully saturated rings. The molecule has 0 aromatic rings. The molecule has 2 atom stereocenters. The number of nitrogens with zero attached hydrogens (tertiary/aromatic N) is 2. The van der Waals surface area contributed by atoms with Gasteiger partial charge in [-0.25, -0.2) is 0 Å². The Labute approximate surface area is 98.0 Å². The van der Waals surface area contributed by atoms with E-state index in [0.717, 1.165) is 13.2 Å². The molecular formula is C12H23N3O. The molecule has 92 valence electrons. The summed E-state index contributed by atoms with van der Waals surface area (Å²) < 4.78 is 0. The Hall–Kier alpha value is -0.610. The van der Waals surface area contributed by atoms with E-state index in [2.05, 4.69) is 17.1 Å². The van der Waals surface area contributed by atoms with Gasteiger partial charge in [0.05, 0.1) is 12.7 Å². The Bertz CT molecular complexity index is 251. The van der Waals surface area contributed by atoms with Crippen LogP contribution in [0.5, 0.6) is 0 Å². The fourth-order valence-corrected chi connectivity index (χ4v) is 2.64. The monoisotopic (exact) mass is 225 g/mol. The van der Waals surface area contributed by atoms with Crippen LogP contribution in [0, 0.1) is 0 Å². The summed E-state index contributed by atoms with van der Waals surface area (Å²) in [5.41, 5.74) is 0. The molecule has 0 spiro atoms. The molecule has 1 N–H and O–H groups in total. The van der Waals surface area contributed by atoms with Crippen LogP contribution in [-0.4, -0.2) is 54.1 Å². The molecule has 0 aromatic carbocycles. The molecule has 2 unspecified atom stereocenters. The fourth-order valence-electron chi connectivity index (χ4n) is 2.64. The van der Waals surface area contributed by atoms with E-state index in [1.54, 1.807) is 0 Å². The summed E-state index contributed by atoms with van der Waals surface area (Å²) in [5.74, 6) is 0.254. The predicted molar refractivity (Wildman–Crippen MR) is 64.1 cm³/mol. The van der Waals surface area contributed by atoms with Crippen molar-refractivity contribution in [2.24, 2.45) is 0 Å². The minimum Gasteiger partial charge on any atom is -0.325 e. The summed E-state index contributed by atoms with van der Waals surface area (Å²) in [6.07, 6.45) is 4.00. The quantitative estimate of drug-likeness (QED) is 0.765. The number of carbonyl (C=O) groups excluding carboxylic acids is 1. The third kappa shape index (κ3) is 2.55. The van der Waals surface area contributed by atoms with Gasteiger partial charge >= 0.3 is 0 Å². The van der Waals surface area contributed by atoms with Crippen LogP contribution in [0.25, 0.3) is 0 Å². The average molecular weight is 225 g/mol. The Balaban J connectivity index is 1.82. The van der Waals surface area contributed by atoms with Crippen molar-refractivity contribution in [1.82, 2.24) is 15.1 Å². The van der Waals surface area contributed by atoms with Crippen molar-refractivity contribution >= 4 is 5.91 Å². The number of hydrogen-bond donors (Lipinski definition) is 1. The lowest BCUT2D eigenvalue weighted by molar-refractivity contribution is -0.130. The Morgan fingerprint density at radius 2 is 2.06 bits per heavy atom. The van der Waals surface area contributed by atoms with Crippen molar-refractivity contribution in [2.75, 3.05) is 26.3 Å². The van der Waals surface area contributed by atoms with Gasteiger partial charge in [0.15, 0.2) is 0 Å². The first kappa shape index (κ1) is 11.9. The summed E-state index contributed by atoms with van der Waals surface area (Å²) >= 11 is 0. The topological polar surface area (TPSA) is 35.6 Å². The molecule has 2 saturated heterocycles. The number of likely N-dealkylation sites (tertiary alicyclic amines) is 1. The zero-order valence-electron chi connectivity index (χ0n) is 10.4. The van der Waals surface area contributed by atoms with E-state index < -0.39 is 0 Å². The highest BCUT2D eigenvalue weighted by Gasteiger charge is 2.31. The third-order valence-corrected chi connectivity index (χ3v) is 3.72. The van der Waals surface area contributed by atoms with Gasteiger partial charge in [-0.15, -0.1) is 0 Å². The maximum Gasteiger partial charge on any atom is 0.240 e. The number of piperidine rings is 1. The van der Waals surface area contributed by atoms with Gasteiger partial charge in [-0.05, 0) is 39.8 Å². The highest BCUT2D eigenvalue weighted by molar-refractivity contribution is 5.83. The zero-order chi connectivity index (χ0) is 11.5. The largest absolute Gasteiger partial charge is 0.325 e. The summed E-state index contributed by atoms with van der Waals surface area (Å²) in [4.78, 5) is 16.3. The molecule has 0 aromatic heterocycles. The molecule has 0 saturated carbocycles. The number of rotatable bonds is 3. The predicted octanol–water partition coefficient (Wildman–Crippen LogP) is 0.639. The van der Waals surface area contributed by atoms with Crippen LogP contribution in [0.15, 0.2) is 0 Å². The van der Waals surface area contributed by atoms with Crippen LogP contribution in [0.3, 0.4) is 0 Å². The van der Waals surface area contributed by atoms with E-state index in [1.165, 1.54) is 32.4 Å². The molecule has 0 aliphatic carbocycles. The van der Waals surface area contributed by atoms with Crippen molar-refractivity contribution in [2.45, 2.75) is 45.2 Å². The molecular weight excluding hydrogens is 202 g/mol. The Kier molecular flexibility index (Phi) is 3.82. The van der Waals surface area contributed by atoms with Crippen molar-refractivity contribution < 1.29 is 4.79 Å². The van der Waals surface area contributed by atoms with Crippen molar-refractivity contribution in [3.8, 4) is 0 Å². The minimum absolute atomic E-state index is 0.00352. The molecule has 16 heavy (non-hydrogen) atoms. The van der Waals surface area contributed by atoms with Crippen LogP contribution < -0.4 is 5.32 Å². The van der Waals surface area contributed by atoms with Gasteiger partial charge in [0.25, 0.3) is 0 Å². The highest BCUT2D eigenvalue weighted by Crippen LogP contribution is 2.13. The second-order valence-corrected chi connectivity index (χ2v) is 5.10. The van der Waals surface area contributed by atoms with E-state index >= 15 is 0 Å². The van der Waals surface area contributed by atoms with E-state index in [4.69, 9.17) is 0 Å². The van der Waals surface area contributed by atoms with Gasteiger partial charge in [-0.1, -0.05) is 6.42 Å². The second-order valence-electron chi connectivity index (χ2n) is 5.10. The lowest BCUT2D eigenvalue weighted by Crippen LogP contribution is -2.45. The summed E-state index contributed by atoms with van der Waals surface area (Å²) in [6, 6.07) is 0.340. The van der Waals surface area contributed by atoms with Gasteiger partial charge in [0.2, 0.25) is 5.91 Å². The molecule has 2 heterocycles. The highest BCUT2D eigenvalue weighted by atomic mass is 16.2. The maximum atomic E-state index is 11.8. The molecule has 4 nitrogen and oxygen atoms in total. The molecule has 2 aliphatic heterocycles. The van der Waals surface area contributed by atoms with Crippen LogP contribution >= 0.6 is 0 Å². The summed E-state index contributed by atoms with van der Waals surface area (Å²) in [5, 5.41) is 3.20. The van der Waals surface area contributed by atoms with Crippen LogP contribution in [-0.2, 0) is 4.79 Å². The van der Waals surface area contributed by atoms with Gasteiger partial charge in [0.1, 0.15) is 0 Å². The van der Waals surface area contributed by atoms with E-state index in [-0.39, 0.29) is 11.9 Å². The van der Waals surface area contributed by atoms with Crippen LogP contribution in [0.4, 0.5) is 0 Å². The second kappa shape index (κ2) is 5.15. The summed E-state index contributed by atoms with van der Waals surface area (Å²) in [7, 11) is 0. The normalized spacial score (nSPS) is 29.8. The number of amides is 1. The molecule has 0 bridgehead atoms. The molecule has 2 rings (SSSR count). The van der Waals surface area contributed by atoms with Crippen molar-refractivity contribution in [1.29, 1.82) is 0 Å². The van der Waals surface area contributed by atoms with Crippen LogP contribution in [0.1, 0.15) is 33.1 Å². The van der Waals surface area contributed by atoms with Crippen LogP contribution in [0.2, 0.25) is 0 Å². The van der Waals surface area contributed by atoms with E-state index in [0.29, 0.717) is 6.04 Å².